The first-order valence-electron chi connectivity index (χ1n) is 8.65. The van der Waals surface area contributed by atoms with Gasteiger partial charge in [0.2, 0.25) is 0 Å². The monoisotopic (exact) mass is 294 g/mol. The second kappa shape index (κ2) is 6.20. The molecule has 4 unspecified atom stereocenters. The predicted octanol–water partition coefficient (Wildman–Crippen LogP) is 3.79. The van der Waals surface area contributed by atoms with Crippen LogP contribution in [0.25, 0.3) is 0 Å². The van der Waals surface area contributed by atoms with Gasteiger partial charge in [-0.25, -0.2) is 0 Å². The Morgan fingerprint density at radius 1 is 0.905 bits per heavy atom. The molecule has 0 radical (unpaired) electrons. The number of fused-ring (bicyclic) bond motifs is 2. The standard InChI is InChI=1S/C18H30O3/c1-5-13-9-17(7-3)11-21-12-18(8-4,16(17)20)10-14(6-2)15(13)19/h13-14H,5-12H2,1-4H3. The lowest BCUT2D eigenvalue weighted by Crippen LogP contribution is -2.56. The van der Waals surface area contributed by atoms with Crippen LogP contribution in [0.4, 0.5) is 0 Å². The van der Waals surface area contributed by atoms with Gasteiger partial charge in [0.15, 0.2) is 0 Å². The zero-order valence-electron chi connectivity index (χ0n) is 14.0. The Labute approximate surface area is 128 Å². The van der Waals surface area contributed by atoms with E-state index >= 15 is 0 Å². The number of rotatable bonds is 4. The highest BCUT2D eigenvalue weighted by Crippen LogP contribution is 2.50. The summed E-state index contributed by atoms with van der Waals surface area (Å²) in [5.41, 5.74) is -0.855. The van der Waals surface area contributed by atoms with Crippen molar-refractivity contribution in [2.75, 3.05) is 13.2 Å². The van der Waals surface area contributed by atoms with Crippen LogP contribution in [0.3, 0.4) is 0 Å². The summed E-state index contributed by atoms with van der Waals surface area (Å²) < 4.78 is 5.92. The van der Waals surface area contributed by atoms with Crippen LogP contribution in [0.1, 0.15) is 66.2 Å². The average molecular weight is 294 g/mol. The van der Waals surface area contributed by atoms with Crippen molar-refractivity contribution in [2.45, 2.75) is 66.2 Å². The van der Waals surface area contributed by atoms with Crippen LogP contribution in [0.5, 0.6) is 0 Å². The summed E-state index contributed by atoms with van der Waals surface area (Å²) >= 11 is 0. The molecule has 0 amide bonds. The second-order valence-electron chi connectivity index (χ2n) is 7.11. The van der Waals surface area contributed by atoms with E-state index in [1.165, 1.54) is 0 Å². The van der Waals surface area contributed by atoms with Crippen molar-refractivity contribution in [3.05, 3.63) is 0 Å². The number of hydrogen-bond acceptors (Lipinski definition) is 3. The number of carbonyl (C=O) groups is 2. The summed E-state index contributed by atoms with van der Waals surface area (Å²) in [7, 11) is 0. The summed E-state index contributed by atoms with van der Waals surface area (Å²) in [4.78, 5) is 26.2. The lowest BCUT2D eigenvalue weighted by atomic mass is 9.57. The van der Waals surface area contributed by atoms with Crippen molar-refractivity contribution < 1.29 is 14.3 Å². The van der Waals surface area contributed by atoms with E-state index in [1.54, 1.807) is 0 Å². The van der Waals surface area contributed by atoms with Crippen LogP contribution in [-0.2, 0) is 14.3 Å². The summed E-state index contributed by atoms with van der Waals surface area (Å²) in [6.07, 6.45) is 4.63. The second-order valence-corrected chi connectivity index (χ2v) is 7.11. The molecule has 2 rings (SSSR count). The topological polar surface area (TPSA) is 43.4 Å². The molecule has 3 nitrogen and oxygen atoms in total. The Bertz CT molecular complexity index is 383. The van der Waals surface area contributed by atoms with Gasteiger partial charge in [0, 0.05) is 11.8 Å². The Kier molecular flexibility index (Phi) is 4.92. The van der Waals surface area contributed by atoms with Crippen molar-refractivity contribution in [2.24, 2.45) is 22.7 Å². The van der Waals surface area contributed by atoms with E-state index in [9.17, 15) is 9.59 Å². The number of carbonyl (C=O) groups excluding carboxylic acids is 2. The summed E-state index contributed by atoms with van der Waals surface area (Å²) in [5, 5.41) is 0. The molecule has 1 heterocycles. The predicted molar refractivity (Wildman–Crippen MR) is 83.1 cm³/mol. The molecule has 2 bridgehead atoms. The fourth-order valence-electron chi connectivity index (χ4n) is 4.42. The molecule has 1 saturated carbocycles. The molecule has 4 atom stereocenters. The van der Waals surface area contributed by atoms with Gasteiger partial charge in [0.25, 0.3) is 0 Å². The van der Waals surface area contributed by atoms with Crippen LogP contribution < -0.4 is 0 Å². The molecule has 1 aliphatic carbocycles. The Morgan fingerprint density at radius 3 is 1.67 bits per heavy atom. The first kappa shape index (κ1) is 16.7. The van der Waals surface area contributed by atoms with E-state index in [0.717, 1.165) is 25.7 Å². The molecular formula is C18H30O3. The normalized spacial score (nSPS) is 40.8. The Balaban J connectivity index is 2.48. The van der Waals surface area contributed by atoms with Crippen molar-refractivity contribution in [1.82, 2.24) is 0 Å². The van der Waals surface area contributed by atoms with E-state index < -0.39 is 10.8 Å². The Hall–Kier alpha value is -0.700. The molecule has 0 N–H and O–H groups in total. The fourth-order valence-corrected chi connectivity index (χ4v) is 4.42. The van der Waals surface area contributed by atoms with Gasteiger partial charge < -0.3 is 4.74 Å². The minimum absolute atomic E-state index is 0.0235. The maximum atomic E-state index is 13.3. The van der Waals surface area contributed by atoms with Gasteiger partial charge in [0.1, 0.15) is 11.6 Å². The fraction of sp³-hybridized carbons (Fsp3) is 0.889. The van der Waals surface area contributed by atoms with Gasteiger partial charge in [-0.05, 0) is 38.5 Å². The van der Waals surface area contributed by atoms with E-state index in [4.69, 9.17) is 4.74 Å². The van der Waals surface area contributed by atoms with Crippen LogP contribution in [0.15, 0.2) is 0 Å². The molecule has 1 aliphatic heterocycles. The summed E-state index contributed by atoms with van der Waals surface area (Å²) in [6.45, 7) is 9.30. The third-order valence-corrected chi connectivity index (χ3v) is 6.14. The van der Waals surface area contributed by atoms with Gasteiger partial charge in [-0.2, -0.15) is 0 Å². The molecule has 0 aromatic rings. The van der Waals surface area contributed by atoms with Gasteiger partial charge in [0.05, 0.1) is 24.0 Å². The quantitative estimate of drug-likeness (QED) is 0.792. The smallest absolute Gasteiger partial charge is 0.149 e. The molecule has 120 valence electrons. The zero-order valence-corrected chi connectivity index (χ0v) is 14.0. The molecule has 2 fully saturated rings. The first-order valence-corrected chi connectivity index (χ1v) is 8.65. The SMILES string of the molecule is CCC1CC2(CC)COCC(CC)(CC(CC)C1=O)C2=O. The summed E-state index contributed by atoms with van der Waals surface area (Å²) in [5.74, 6) is 0.825. The van der Waals surface area contributed by atoms with E-state index in [-0.39, 0.29) is 11.8 Å². The molecule has 0 aromatic carbocycles. The lowest BCUT2D eigenvalue weighted by molar-refractivity contribution is -0.170. The zero-order chi connectivity index (χ0) is 15.7. The van der Waals surface area contributed by atoms with Gasteiger partial charge in [-0.1, -0.05) is 27.7 Å². The number of hydrogen-bond donors (Lipinski definition) is 0. The van der Waals surface area contributed by atoms with Crippen molar-refractivity contribution in [3.63, 3.8) is 0 Å². The van der Waals surface area contributed by atoms with Crippen LogP contribution in [-0.4, -0.2) is 24.8 Å². The molecule has 21 heavy (non-hydrogen) atoms. The highest BCUT2D eigenvalue weighted by atomic mass is 16.5. The highest BCUT2D eigenvalue weighted by molar-refractivity contribution is 5.94. The van der Waals surface area contributed by atoms with Gasteiger partial charge in [-0.3, -0.25) is 9.59 Å². The largest absolute Gasteiger partial charge is 0.379 e. The van der Waals surface area contributed by atoms with Gasteiger partial charge in [-0.15, -0.1) is 0 Å². The third kappa shape index (κ3) is 2.58. The summed E-state index contributed by atoms with van der Waals surface area (Å²) in [6, 6.07) is 0. The number of Topliss-reactive ketones (excluding diaryl/α,β-unsaturated/α-hetero) is 2. The molecule has 1 saturated heterocycles. The van der Waals surface area contributed by atoms with Crippen LogP contribution in [0.2, 0.25) is 0 Å². The minimum atomic E-state index is -0.427. The van der Waals surface area contributed by atoms with Crippen LogP contribution in [0, 0.1) is 22.7 Å². The van der Waals surface area contributed by atoms with E-state index in [1.807, 2.05) is 0 Å². The minimum Gasteiger partial charge on any atom is -0.379 e. The van der Waals surface area contributed by atoms with E-state index in [2.05, 4.69) is 27.7 Å². The highest BCUT2D eigenvalue weighted by Gasteiger charge is 2.56. The molecular weight excluding hydrogens is 264 g/mol. The number of ether oxygens (including phenoxy) is 1. The number of ketones is 2. The first-order chi connectivity index (χ1) is 9.98. The van der Waals surface area contributed by atoms with Crippen LogP contribution >= 0.6 is 0 Å². The molecule has 0 aromatic heterocycles. The maximum Gasteiger partial charge on any atom is 0.149 e. The molecule has 0 spiro atoms. The molecule has 2 aliphatic rings. The third-order valence-electron chi connectivity index (χ3n) is 6.14. The lowest BCUT2D eigenvalue weighted by Gasteiger charge is -2.50. The van der Waals surface area contributed by atoms with Crippen molar-refractivity contribution in [1.29, 1.82) is 0 Å². The average Bonchev–Trinajstić information content (AvgIpc) is 2.52. The van der Waals surface area contributed by atoms with E-state index in [0.29, 0.717) is 37.6 Å². The van der Waals surface area contributed by atoms with Crippen molar-refractivity contribution in [3.8, 4) is 0 Å². The maximum absolute atomic E-state index is 13.3. The van der Waals surface area contributed by atoms with Gasteiger partial charge >= 0.3 is 0 Å². The molecule has 3 heteroatoms. The Morgan fingerprint density at radius 2 is 1.33 bits per heavy atom. The van der Waals surface area contributed by atoms with Crippen molar-refractivity contribution >= 4 is 11.6 Å².